The summed E-state index contributed by atoms with van der Waals surface area (Å²) >= 11 is 0. The van der Waals surface area contributed by atoms with Crippen molar-refractivity contribution < 1.29 is 13.6 Å². The average molecular weight is 513 g/mol. The molecule has 0 spiro atoms. The number of pyridine rings is 1. The summed E-state index contributed by atoms with van der Waals surface area (Å²) in [6.07, 6.45) is 6.61. The molecule has 1 amide bonds. The summed E-state index contributed by atoms with van der Waals surface area (Å²) in [6.45, 7) is 0.522. The highest BCUT2D eigenvalue weighted by Crippen LogP contribution is 2.26. The Bertz CT molecular complexity index is 1630. The summed E-state index contributed by atoms with van der Waals surface area (Å²) in [7, 11) is 0. The third-order valence-corrected chi connectivity index (χ3v) is 6.60. The monoisotopic (exact) mass is 512 g/mol. The number of aliphatic imine (C=N–C) groups is 2. The number of amides is 1. The zero-order valence-electron chi connectivity index (χ0n) is 20.0. The molecule has 0 saturated heterocycles. The van der Waals surface area contributed by atoms with E-state index in [1.807, 2.05) is 30.3 Å². The quantitative estimate of drug-likeness (QED) is 0.377. The van der Waals surface area contributed by atoms with E-state index in [1.165, 1.54) is 17.3 Å². The number of amidine groups is 1. The van der Waals surface area contributed by atoms with Gasteiger partial charge in [-0.25, -0.2) is 18.8 Å². The Hall–Kier alpha value is -4.93. The third-order valence-electron chi connectivity index (χ3n) is 6.60. The van der Waals surface area contributed by atoms with Gasteiger partial charge in [0.1, 0.15) is 11.8 Å². The van der Waals surface area contributed by atoms with Gasteiger partial charge < -0.3 is 11.1 Å². The number of nitrogens with two attached hydrogens (primary N) is 1. The minimum absolute atomic E-state index is 0.0757. The first-order chi connectivity index (χ1) is 18.5. The number of hydrogen-bond donors (Lipinski definition) is 3. The zero-order chi connectivity index (χ0) is 26.2. The van der Waals surface area contributed by atoms with Crippen molar-refractivity contribution in [3.05, 3.63) is 89.8 Å². The van der Waals surface area contributed by atoms with Gasteiger partial charge in [-0.15, -0.1) is 0 Å². The number of aromatic nitrogens is 3. The minimum atomic E-state index is -0.959. The van der Waals surface area contributed by atoms with Gasteiger partial charge in [0, 0.05) is 24.5 Å². The fourth-order valence-electron chi connectivity index (χ4n) is 4.55. The van der Waals surface area contributed by atoms with Crippen molar-refractivity contribution in [3.8, 4) is 11.1 Å². The first kappa shape index (κ1) is 23.5. The predicted octanol–water partition coefficient (Wildman–Crippen LogP) is 3.56. The number of aromatic amines is 1. The molecular weight excluding hydrogens is 490 g/mol. The molecule has 0 bridgehead atoms. The Balaban J connectivity index is 1.14. The summed E-state index contributed by atoms with van der Waals surface area (Å²) in [5.74, 6) is -1.84. The van der Waals surface area contributed by atoms with Gasteiger partial charge in [-0.2, -0.15) is 5.10 Å². The molecule has 2 atom stereocenters. The maximum atomic E-state index is 13.6. The Morgan fingerprint density at radius 3 is 2.66 bits per heavy atom. The lowest BCUT2D eigenvalue weighted by Crippen LogP contribution is -2.51. The molecule has 4 aromatic rings. The van der Waals surface area contributed by atoms with Crippen LogP contribution in [-0.4, -0.2) is 44.2 Å². The maximum Gasteiger partial charge on any atom is 0.241 e. The number of H-pyrrole nitrogens is 1. The van der Waals surface area contributed by atoms with Crippen LogP contribution in [0.5, 0.6) is 0 Å². The number of carbonyl (C=O) groups is 1. The molecule has 9 nitrogen and oxygen atoms in total. The first-order valence-electron chi connectivity index (χ1n) is 11.9. The minimum Gasteiger partial charge on any atom is -0.382 e. The summed E-state index contributed by atoms with van der Waals surface area (Å²) < 4.78 is 26.9. The highest BCUT2D eigenvalue weighted by Gasteiger charge is 2.38. The first-order valence-corrected chi connectivity index (χ1v) is 11.9. The number of fused-ring (bicyclic) bond motifs is 2. The van der Waals surface area contributed by atoms with Gasteiger partial charge in [0.2, 0.25) is 5.91 Å². The Kier molecular flexibility index (Phi) is 5.87. The lowest BCUT2D eigenvalue weighted by Gasteiger charge is -2.33. The van der Waals surface area contributed by atoms with Crippen LogP contribution in [0.3, 0.4) is 0 Å². The van der Waals surface area contributed by atoms with E-state index in [1.54, 1.807) is 18.5 Å². The third kappa shape index (κ3) is 4.38. The van der Waals surface area contributed by atoms with Crippen LogP contribution < -0.4 is 11.1 Å². The molecule has 0 aliphatic carbocycles. The number of halogens is 2. The number of nitrogens with one attached hydrogen (secondary N) is 2. The van der Waals surface area contributed by atoms with Crippen molar-refractivity contribution in [1.82, 2.24) is 25.4 Å². The van der Waals surface area contributed by atoms with Crippen LogP contribution in [-0.2, 0) is 17.9 Å². The predicted molar refractivity (Wildman–Crippen MR) is 140 cm³/mol. The number of nitrogens with zero attached hydrogens (tertiary/aromatic N) is 5. The fourth-order valence-corrected chi connectivity index (χ4v) is 4.55. The zero-order valence-corrected chi connectivity index (χ0v) is 20.0. The summed E-state index contributed by atoms with van der Waals surface area (Å²) in [4.78, 5) is 28.0. The summed E-state index contributed by atoms with van der Waals surface area (Å²) in [6, 6.07) is 13.1. The van der Waals surface area contributed by atoms with Crippen LogP contribution in [0.25, 0.3) is 22.2 Å². The average Bonchev–Trinajstić information content (AvgIpc) is 3.31. The largest absolute Gasteiger partial charge is 0.382 e. The number of benzene rings is 2. The molecule has 38 heavy (non-hydrogen) atoms. The molecule has 0 fully saturated rings. The molecule has 2 aliphatic rings. The molecule has 2 aromatic carbocycles. The van der Waals surface area contributed by atoms with Crippen LogP contribution in [0.2, 0.25) is 0 Å². The van der Waals surface area contributed by atoms with Crippen molar-refractivity contribution in [1.29, 1.82) is 0 Å². The number of hydrogen-bond acceptors (Lipinski definition) is 7. The normalized spacial score (nSPS) is 18.5. The van der Waals surface area contributed by atoms with Gasteiger partial charge in [-0.3, -0.25) is 19.8 Å². The Labute approximate surface area is 215 Å². The van der Waals surface area contributed by atoms with Gasteiger partial charge >= 0.3 is 0 Å². The Morgan fingerprint density at radius 2 is 1.84 bits per heavy atom. The van der Waals surface area contributed by atoms with Crippen molar-refractivity contribution in [3.63, 3.8) is 0 Å². The van der Waals surface area contributed by atoms with Crippen LogP contribution in [0.4, 0.5) is 14.6 Å². The van der Waals surface area contributed by atoms with E-state index in [0.29, 0.717) is 29.4 Å². The second-order valence-electron chi connectivity index (χ2n) is 9.08. The van der Waals surface area contributed by atoms with Crippen molar-refractivity contribution in [2.45, 2.75) is 19.1 Å². The van der Waals surface area contributed by atoms with Gasteiger partial charge in [0.15, 0.2) is 23.1 Å². The van der Waals surface area contributed by atoms with Crippen LogP contribution in [0.1, 0.15) is 11.1 Å². The van der Waals surface area contributed by atoms with Gasteiger partial charge in [-0.1, -0.05) is 30.3 Å². The molecule has 4 heterocycles. The highest BCUT2D eigenvalue weighted by molar-refractivity contribution is 6.09. The highest BCUT2D eigenvalue weighted by atomic mass is 19.2. The SMILES string of the molecule is Nc1n[nH]c2ncc(-c3ccc(CNC4=NC=CC5N=CN(Cc6ccc(F)c(F)c6)C(=O)[C@@H]45)cc3)cc12. The van der Waals surface area contributed by atoms with E-state index in [-0.39, 0.29) is 18.5 Å². The number of anilines is 1. The number of nitrogen functional groups attached to an aromatic ring is 1. The van der Waals surface area contributed by atoms with Crippen molar-refractivity contribution >= 4 is 34.9 Å². The molecule has 0 saturated carbocycles. The molecule has 0 radical (unpaired) electrons. The standard InChI is InChI=1S/C27H22F2N8O/c28-20-6-3-16(9-21(20)29)13-37-14-34-22-7-8-31-26(23(22)27(37)38)32-11-15-1-4-17(5-2-15)18-10-19-24(30)35-36-25(19)33-12-18/h1-10,12,14,22-23H,11,13H2,(H,31,32)(H3,30,33,35,36)/t22?,23-/m1/s1. The van der Waals surface area contributed by atoms with Crippen molar-refractivity contribution in [2.75, 3.05) is 5.73 Å². The van der Waals surface area contributed by atoms with Crippen LogP contribution in [0, 0.1) is 17.6 Å². The number of rotatable bonds is 5. The fraction of sp³-hybridized carbons (Fsp3) is 0.148. The van der Waals surface area contributed by atoms with E-state index in [0.717, 1.165) is 34.2 Å². The second kappa shape index (κ2) is 9.51. The van der Waals surface area contributed by atoms with Gasteiger partial charge in [0.05, 0.1) is 24.3 Å². The molecule has 2 aromatic heterocycles. The van der Waals surface area contributed by atoms with Gasteiger partial charge in [-0.05, 0) is 41.0 Å². The van der Waals surface area contributed by atoms with E-state index in [9.17, 15) is 13.6 Å². The second-order valence-corrected chi connectivity index (χ2v) is 9.08. The van der Waals surface area contributed by atoms with E-state index < -0.39 is 17.6 Å². The Morgan fingerprint density at radius 1 is 1.03 bits per heavy atom. The maximum absolute atomic E-state index is 13.6. The van der Waals surface area contributed by atoms with Crippen LogP contribution >= 0.6 is 0 Å². The van der Waals surface area contributed by atoms with Crippen LogP contribution in [0.15, 0.2) is 77.0 Å². The lowest BCUT2D eigenvalue weighted by atomic mass is 9.93. The summed E-state index contributed by atoms with van der Waals surface area (Å²) in [5.41, 5.74) is 9.89. The molecule has 1 unspecified atom stereocenters. The smallest absolute Gasteiger partial charge is 0.241 e. The topological polar surface area (TPSA) is 125 Å². The molecule has 190 valence electrons. The van der Waals surface area contributed by atoms with E-state index in [2.05, 4.69) is 30.5 Å². The molecule has 11 heteroatoms. The molecular formula is C27H22F2N8O. The lowest BCUT2D eigenvalue weighted by molar-refractivity contribution is -0.130. The summed E-state index contributed by atoms with van der Waals surface area (Å²) in [5, 5.41) is 10.8. The molecule has 6 rings (SSSR count). The van der Waals surface area contributed by atoms with Crippen molar-refractivity contribution in [2.24, 2.45) is 15.9 Å². The molecule has 2 aliphatic heterocycles. The van der Waals surface area contributed by atoms with Gasteiger partial charge in [0.25, 0.3) is 0 Å². The number of carbonyl (C=O) groups excluding carboxylic acids is 1. The van der Waals surface area contributed by atoms with E-state index in [4.69, 9.17) is 5.73 Å². The van der Waals surface area contributed by atoms with E-state index >= 15 is 0 Å². The molecule has 4 N–H and O–H groups in total.